The molecule has 0 bridgehead atoms. The first-order valence-electron chi connectivity index (χ1n) is 11.0. The van der Waals surface area contributed by atoms with Crippen LogP contribution < -0.4 is 5.32 Å². The summed E-state index contributed by atoms with van der Waals surface area (Å²) in [5.41, 5.74) is 3.41. The number of hydrogen-bond donors (Lipinski definition) is 1. The van der Waals surface area contributed by atoms with Gasteiger partial charge in [0.25, 0.3) is 0 Å². The van der Waals surface area contributed by atoms with E-state index in [0.717, 1.165) is 30.4 Å². The highest BCUT2D eigenvalue weighted by molar-refractivity contribution is 7.89. The van der Waals surface area contributed by atoms with Crippen LogP contribution in [0.3, 0.4) is 0 Å². The number of rotatable bonds is 8. The lowest BCUT2D eigenvalue weighted by Crippen LogP contribution is -2.43. The third kappa shape index (κ3) is 5.26. The van der Waals surface area contributed by atoms with E-state index < -0.39 is 10.0 Å². The van der Waals surface area contributed by atoms with E-state index in [-0.39, 0.29) is 29.9 Å². The van der Waals surface area contributed by atoms with Crippen molar-refractivity contribution >= 4 is 15.9 Å². The lowest BCUT2D eigenvalue weighted by molar-refractivity contribution is -0.122. The molecule has 3 aromatic carbocycles. The monoisotopic (exact) mass is 448 g/mol. The summed E-state index contributed by atoms with van der Waals surface area (Å²) in [6.07, 6.45) is 3.40. The van der Waals surface area contributed by atoms with Gasteiger partial charge in [0.2, 0.25) is 15.9 Å². The van der Waals surface area contributed by atoms with Crippen LogP contribution in [0.5, 0.6) is 0 Å². The lowest BCUT2D eigenvalue weighted by Gasteiger charge is -2.28. The van der Waals surface area contributed by atoms with E-state index in [2.05, 4.69) is 11.4 Å². The number of carbonyl (C=O) groups is 1. The second kappa shape index (κ2) is 10.1. The van der Waals surface area contributed by atoms with Gasteiger partial charge in [0, 0.05) is 6.54 Å². The third-order valence-corrected chi connectivity index (χ3v) is 7.76. The molecule has 1 aliphatic carbocycles. The summed E-state index contributed by atoms with van der Waals surface area (Å²) in [5, 5.41) is 3.08. The molecule has 0 aromatic heterocycles. The zero-order valence-corrected chi connectivity index (χ0v) is 18.8. The van der Waals surface area contributed by atoms with Crippen LogP contribution in [0.4, 0.5) is 0 Å². The van der Waals surface area contributed by atoms with Crippen LogP contribution in [-0.2, 0) is 27.7 Å². The van der Waals surface area contributed by atoms with Crippen molar-refractivity contribution < 1.29 is 13.2 Å². The summed E-state index contributed by atoms with van der Waals surface area (Å²) in [6, 6.07) is 26.1. The molecule has 4 rings (SSSR count). The summed E-state index contributed by atoms with van der Waals surface area (Å²) in [4.78, 5) is 13.2. The molecule has 0 aliphatic heterocycles. The van der Waals surface area contributed by atoms with Crippen molar-refractivity contribution in [2.75, 3.05) is 13.1 Å². The third-order valence-electron chi connectivity index (χ3n) is 5.90. The fraction of sp³-hybridized carbons (Fsp3) is 0.269. The molecule has 166 valence electrons. The molecule has 0 saturated heterocycles. The van der Waals surface area contributed by atoms with Crippen molar-refractivity contribution in [1.29, 1.82) is 0 Å². The zero-order valence-electron chi connectivity index (χ0n) is 18.0. The first-order chi connectivity index (χ1) is 15.5. The minimum atomic E-state index is -3.80. The molecule has 0 saturated carbocycles. The first-order valence-corrected chi connectivity index (χ1v) is 12.4. The number of sulfonamides is 1. The van der Waals surface area contributed by atoms with Gasteiger partial charge < -0.3 is 5.32 Å². The standard InChI is InChI=1S/C26H28N2O3S/c29-26(27-25-17-9-13-22-12-7-8-16-24(22)25)20-28(19-18-21-10-3-1-4-11-21)32(30,31)23-14-5-2-6-15-23/h1-8,10-12,14-16,25H,9,13,17-20H2,(H,27,29). The minimum absolute atomic E-state index is 0.0807. The maximum absolute atomic E-state index is 13.3. The number of nitrogens with zero attached hydrogens (tertiary/aromatic N) is 1. The Morgan fingerprint density at radius 1 is 0.906 bits per heavy atom. The van der Waals surface area contributed by atoms with Crippen LogP contribution in [-0.4, -0.2) is 31.7 Å². The molecule has 0 fully saturated rings. The Hall–Kier alpha value is -2.96. The number of aryl methyl sites for hydroxylation is 1. The van der Waals surface area contributed by atoms with Crippen LogP contribution in [0.1, 0.15) is 35.6 Å². The van der Waals surface area contributed by atoms with E-state index in [9.17, 15) is 13.2 Å². The van der Waals surface area contributed by atoms with Crippen LogP contribution >= 0.6 is 0 Å². The highest BCUT2D eigenvalue weighted by Crippen LogP contribution is 2.29. The number of carbonyl (C=O) groups excluding carboxylic acids is 1. The van der Waals surface area contributed by atoms with Crippen molar-refractivity contribution in [2.45, 2.75) is 36.6 Å². The molecule has 0 radical (unpaired) electrons. The molecular weight excluding hydrogens is 420 g/mol. The van der Waals surface area contributed by atoms with Gasteiger partial charge in [0.05, 0.1) is 17.5 Å². The van der Waals surface area contributed by atoms with E-state index in [4.69, 9.17) is 0 Å². The van der Waals surface area contributed by atoms with Gasteiger partial charge in [-0.1, -0.05) is 72.8 Å². The number of benzene rings is 3. The fourth-order valence-electron chi connectivity index (χ4n) is 4.23. The maximum atomic E-state index is 13.3. The summed E-state index contributed by atoms with van der Waals surface area (Å²) >= 11 is 0. The summed E-state index contributed by atoms with van der Waals surface area (Å²) < 4.78 is 27.9. The van der Waals surface area contributed by atoms with Gasteiger partial charge in [-0.2, -0.15) is 4.31 Å². The largest absolute Gasteiger partial charge is 0.348 e. The summed E-state index contributed by atoms with van der Waals surface area (Å²) in [7, 11) is -3.80. The topological polar surface area (TPSA) is 66.5 Å². The fourth-order valence-corrected chi connectivity index (χ4v) is 5.65. The predicted molar refractivity (Wildman–Crippen MR) is 126 cm³/mol. The van der Waals surface area contributed by atoms with Crippen LogP contribution in [0.2, 0.25) is 0 Å². The number of hydrogen-bond acceptors (Lipinski definition) is 3. The highest BCUT2D eigenvalue weighted by atomic mass is 32.2. The quantitative estimate of drug-likeness (QED) is 0.564. The highest BCUT2D eigenvalue weighted by Gasteiger charge is 2.28. The SMILES string of the molecule is O=C(CN(CCc1ccccc1)S(=O)(=O)c1ccccc1)NC1CCCc2ccccc21. The number of amides is 1. The van der Waals surface area contributed by atoms with Gasteiger partial charge in [0.15, 0.2) is 0 Å². The lowest BCUT2D eigenvalue weighted by atomic mass is 9.88. The van der Waals surface area contributed by atoms with Crippen LogP contribution in [0.15, 0.2) is 89.8 Å². The Bertz CT molecular complexity index is 1150. The first kappa shape index (κ1) is 22.2. The summed E-state index contributed by atoms with van der Waals surface area (Å²) in [5.74, 6) is -0.278. The Morgan fingerprint density at radius 2 is 1.56 bits per heavy atom. The molecule has 0 spiro atoms. The Balaban J connectivity index is 1.51. The van der Waals surface area contributed by atoms with Crippen molar-refractivity contribution in [1.82, 2.24) is 9.62 Å². The van der Waals surface area contributed by atoms with Crippen molar-refractivity contribution in [2.24, 2.45) is 0 Å². The zero-order chi connectivity index (χ0) is 22.4. The van der Waals surface area contributed by atoms with Gasteiger partial charge in [-0.05, 0) is 54.5 Å². The second-order valence-electron chi connectivity index (χ2n) is 8.10. The maximum Gasteiger partial charge on any atom is 0.243 e. The van der Waals surface area contributed by atoms with E-state index in [1.165, 1.54) is 9.87 Å². The van der Waals surface area contributed by atoms with E-state index in [0.29, 0.717) is 6.42 Å². The molecule has 1 N–H and O–H groups in total. The number of nitrogens with one attached hydrogen (secondary N) is 1. The Kier molecular flexibility index (Phi) is 7.02. The molecule has 1 amide bonds. The molecule has 3 aromatic rings. The van der Waals surface area contributed by atoms with E-state index >= 15 is 0 Å². The average Bonchev–Trinajstić information content (AvgIpc) is 2.83. The van der Waals surface area contributed by atoms with Gasteiger partial charge >= 0.3 is 0 Å². The van der Waals surface area contributed by atoms with Gasteiger partial charge in [-0.3, -0.25) is 4.79 Å². The number of fused-ring (bicyclic) bond motifs is 1. The normalized spacial score (nSPS) is 15.8. The molecule has 6 heteroatoms. The smallest absolute Gasteiger partial charge is 0.243 e. The van der Waals surface area contributed by atoms with Crippen LogP contribution in [0, 0.1) is 0 Å². The molecule has 32 heavy (non-hydrogen) atoms. The second-order valence-corrected chi connectivity index (χ2v) is 10.0. The van der Waals surface area contributed by atoms with E-state index in [1.807, 2.05) is 48.5 Å². The van der Waals surface area contributed by atoms with Crippen molar-refractivity contribution in [3.05, 3.63) is 102 Å². The molecule has 1 atom stereocenters. The molecular formula is C26H28N2O3S. The molecule has 1 unspecified atom stereocenters. The average molecular weight is 449 g/mol. The molecule has 5 nitrogen and oxygen atoms in total. The van der Waals surface area contributed by atoms with Crippen molar-refractivity contribution in [3.8, 4) is 0 Å². The predicted octanol–water partition coefficient (Wildman–Crippen LogP) is 4.11. The minimum Gasteiger partial charge on any atom is -0.348 e. The van der Waals surface area contributed by atoms with Crippen LogP contribution in [0.25, 0.3) is 0 Å². The molecule has 0 heterocycles. The van der Waals surface area contributed by atoms with Gasteiger partial charge in [0.1, 0.15) is 0 Å². The van der Waals surface area contributed by atoms with Gasteiger partial charge in [-0.25, -0.2) is 8.42 Å². The summed E-state index contributed by atoms with van der Waals surface area (Å²) in [6.45, 7) is 0.0264. The van der Waals surface area contributed by atoms with E-state index in [1.54, 1.807) is 30.3 Å². The van der Waals surface area contributed by atoms with Gasteiger partial charge in [-0.15, -0.1) is 0 Å². The van der Waals surface area contributed by atoms with Crippen molar-refractivity contribution in [3.63, 3.8) is 0 Å². The Labute approximate surface area is 190 Å². The Morgan fingerprint density at radius 3 is 2.31 bits per heavy atom. The molecule has 1 aliphatic rings.